The van der Waals surface area contributed by atoms with Gasteiger partial charge in [-0.15, -0.1) is 0 Å². The summed E-state index contributed by atoms with van der Waals surface area (Å²) < 4.78 is 0. The van der Waals surface area contributed by atoms with E-state index in [1.807, 2.05) is 12.1 Å². The van der Waals surface area contributed by atoms with E-state index in [-0.39, 0.29) is 0 Å². The van der Waals surface area contributed by atoms with Crippen LogP contribution < -0.4 is 0 Å². The van der Waals surface area contributed by atoms with Crippen molar-refractivity contribution in [3.8, 4) is 6.07 Å². The molecular weight excluding hydrogens is 182 g/mol. The number of rotatable bonds is 5. The van der Waals surface area contributed by atoms with Crippen molar-refractivity contribution in [1.29, 1.82) is 5.26 Å². The van der Waals surface area contributed by atoms with Crippen molar-refractivity contribution >= 4 is 0 Å². The highest BCUT2D eigenvalue weighted by Crippen LogP contribution is 2.26. The van der Waals surface area contributed by atoms with Gasteiger partial charge in [0.2, 0.25) is 0 Å². The molecule has 0 atom stereocenters. The molecule has 0 radical (unpaired) electrons. The Morgan fingerprint density at radius 3 is 2.00 bits per heavy atom. The summed E-state index contributed by atoms with van der Waals surface area (Å²) in [6.07, 6.45) is 4.95. The molecule has 80 valence electrons. The molecule has 0 aromatic heterocycles. The maximum Gasteiger partial charge on any atom is 0.0991 e. The minimum absolute atomic E-state index is 0.674. The van der Waals surface area contributed by atoms with Gasteiger partial charge in [-0.3, -0.25) is 0 Å². The lowest BCUT2D eigenvalue weighted by atomic mass is 9.90. The molecule has 1 aromatic carbocycles. The van der Waals surface area contributed by atoms with Gasteiger partial charge >= 0.3 is 0 Å². The molecule has 1 nitrogen and oxygen atoms in total. The molecule has 1 rings (SSSR count). The lowest BCUT2D eigenvalue weighted by molar-refractivity contribution is 0.561. The van der Waals surface area contributed by atoms with Gasteiger partial charge in [0.25, 0.3) is 0 Å². The van der Waals surface area contributed by atoms with Gasteiger partial charge in [-0.2, -0.15) is 5.26 Å². The van der Waals surface area contributed by atoms with Crippen LogP contribution in [-0.2, 0) is 0 Å². The molecule has 0 heterocycles. The Hall–Kier alpha value is -1.29. The van der Waals surface area contributed by atoms with Gasteiger partial charge in [-0.25, -0.2) is 0 Å². The fourth-order valence-electron chi connectivity index (χ4n) is 2.00. The number of nitrogens with zero attached hydrogens (tertiary/aromatic N) is 1. The lowest BCUT2D eigenvalue weighted by Gasteiger charge is -2.15. The Kier molecular flexibility index (Phi) is 4.90. The predicted octanol–water partition coefficient (Wildman–Crippen LogP) is 4.24. The fourth-order valence-corrected chi connectivity index (χ4v) is 2.00. The summed E-state index contributed by atoms with van der Waals surface area (Å²) in [7, 11) is 0. The van der Waals surface area contributed by atoms with Crippen molar-refractivity contribution in [2.45, 2.75) is 45.4 Å². The van der Waals surface area contributed by atoms with E-state index in [4.69, 9.17) is 5.26 Å². The topological polar surface area (TPSA) is 23.8 Å². The van der Waals surface area contributed by atoms with E-state index in [0.717, 1.165) is 5.56 Å². The van der Waals surface area contributed by atoms with Crippen molar-refractivity contribution in [2.75, 3.05) is 0 Å². The van der Waals surface area contributed by atoms with Crippen LogP contribution in [0.2, 0.25) is 0 Å². The zero-order valence-electron chi connectivity index (χ0n) is 9.66. The highest BCUT2D eigenvalue weighted by molar-refractivity contribution is 5.33. The summed E-state index contributed by atoms with van der Waals surface area (Å²) in [5, 5.41) is 8.72. The Bertz CT molecular complexity index is 312. The molecule has 15 heavy (non-hydrogen) atoms. The summed E-state index contributed by atoms with van der Waals surface area (Å²) in [5.74, 6) is 0.674. The van der Waals surface area contributed by atoms with E-state index in [2.05, 4.69) is 32.0 Å². The van der Waals surface area contributed by atoms with Crippen molar-refractivity contribution in [2.24, 2.45) is 0 Å². The first-order chi connectivity index (χ1) is 7.31. The van der Waals surface area contributed by atoms with Crippen molar-refractivity contribution < 1.29 is 0 Å². The Morgan fingerprint density at radius 2 is 1.60 bits per heavy atom. The number of hydrogen-bond acceptors (Lipinski definition) is 1. The molecule has 0 aliphatic carbocycles. The summed E-state index contributed by atoms with van der Waals surface area (Å²) in [6.45, 7) is 4.46. The molecule has 0 bridgehead atoms. The Balaban J connectivity index is 2.77. The van der Waals surface area contributed by atoms with E-state index in [1.165, 1.54) is 31.2 Å². The average molecular weight is 201 g/mol. The van der Waals surface area contributed by atoms with Crippen LogP contribution in [0, 0.1) is 11.3 Å². The van der Waals surface area contributed by atoms with Crippen LogP contribution in [0.4, 0.5) is 0 Å². The molecule has 1 aromatic rings. The maximum atomic E-state index is 8.72. The van der Waals surface area contributed by atoms with Crippen molar-refractivity contribution in [3.05, 3.63) is 35.4 Å². The first kappa shape index (κ1) is 11.8. The molecule has 0 spiro atoms. The Morgan fingerprint density at radius 1 is 1.07 bits per heavy atom. The smallest absolute Gasteiger partial charge is 0.0991 e. The minimum Gasteiger partial charge on any atom is -0.192 e. The van der Waals surface area contributed by atoms with Crippen LogP contribution in [0.15, 0.2) is 24.3 Å². The van der Waals surface area contributed by atoms with E-state index in [9.17, 15) is 0 Å². The van der Waals surface area contributed by atoms with Crippen molar-refractivity contribution in [1.82, 2.24) is 0 Å². The second-order valence-electron chi connectivity index (χ2n) is 4.01. The molecule has 1 heteroatoms. The monoisotopic (exact) mass is 201 g/mol. The second kappa shape index (κ2) is 6.24. The maximum absolute atomic E-state index is 8.72. The summed E-state index contributed by atoms with van der Waals surface area (Å²) in [4.78, 5) is 0. The molecule has 0 aliphatic heterocycles. The molecule has 0 saturated heterocycles. The fraction of sp³-hybridized carbons (Fsp3) is 0.500. The Labute approximate surface area is 92.7 Å². The van der Waals surface area contributed by atoms with Gasteiger partial charge in [0.15, 0.2) is 0 Å². The van der Waals surface area contributed by atoms with Crippen LogP contribution in [0.5, 0.6) is 0 Å². The van der Waals surface area contributed by atoms with Gasteiger partial charge < -0.3 is 0 Å². The normalized spacial score (nSPS) is 10.3. The van der Waals surface area contributed by atoms with Gasteiger partial charge in [0.05, 0.1) is 11.6 Å². The van der Waals surface area contributed by atoms with Gasteiger partial charge in [-0.1, -0.05) is 38.8 Å². The third kappa shape index (κ3) is 3.40. The molecule has 0 fully saturated rings. The van der Waals surface area contributed by atoms with Crippen LogP contribution in [0.25, 0.3) is 0 Å². The molecule has 0 N–H and O–H groups in total. The molecule has 0 aliphatic rings. The largest absolute Gasteiger partial charge is 0.192 e. The zero-order valence-corrected chi connectivity index (χ0v) is 9.66. The minimum atomic E-state index is 0.674. The van der Waals surface area contributed by atoms with Crippen molar-refractivity contribution in [3.63, 3.8) is 0 Å². The summed E-state index contributed by atoms with van der Waals surface area (Å²) in [5.41, 5.74) is 2.14. The first-order valence-electron chi connectivity index (χ1n) is 5.81. The van der Waals surface area contributed by atoms with Gasteiger partial charge in [-0.05, 0) is 36.5 Å². The van der Waals surface area contributed by atoms with Gasteiger partial charge in [0.1, 0.15) is 0 Å². The number of nitriles is 1. The van der Waals surface area contributed by atoms with Crippen LogP contribution in [-0.4, -0.2) is 0 Å². The van der Waals surface area contributed by atoms with Crippen LogP contribution >= 0.6 is 0 Å². The third-order valence-corrected chi connectivity index (χ3v) is 2.79. The first-order valence-corrected chi connectivity index (χ1v) is 5.81. The van der Waals surface area contributed by atoms with Crippen LogP contribution in [0.1, 0.15) is 56.6 Å². The predicted molar refractivity (Wildman–Crippen MR) is 63.7 cm³/mol. The standard InChI is InChI=1S/C14H19N/c1-3-5-13(6-4-2)14-9-7-12(11-15)8-10-14/h7-10,13H,3-6H2,1-2H3. The highest BCUT2D eigenvalue weighted by Gasteiger charge is 2.08. The third-order valence-electron chi connectivity index (χ3n) is 2.79. The van der Waals surface area contributed by atoms with E-state index >= 15 is 0 Å². The molecule has 0 amide bonds. The highest BCUT2D eigenvalue weighted by atomic mass is 14.2. The second-order valence-corrected chi connectivity index (χ2v) is 4.01. The lowest BCUT2D eigenvalue weighted by Crippen LogP contribution is -1.98. The number of hydrogen-bond donors (Lipinski definition) is 0. The molecule has 0 unspecified atom stereocenters. The quantitative estimate of drug-likeness (QED) is 0.699. The summed E-state index contributed by atoms with van der Waals surface area (Å²) >= 11 is 0. The van der Waals surface area contributed by atoms with Crippen LogP contribution in [0.3, 0.4) is 0 Å². The van der Waals surface area contributed by atoms with E-state index < -0.39 is 0 Å². The average Bonchev–Trinajstić information content (AvgIpc) is 2.29. The van der Waals surface area contributed by atoms with E-state index in [1.54, 1.807) is 0 Å². The SMILES string of the molecule is CCCC(CCC)c1ccc(C#N)cc1. The van der Waals surface area contributed by atoms with Gasteiger partial charge in [0, 0.05) is 0 Å². The molecule has 0 saturated carbocycles. The van der Waals surface area contributed by atoms with E-state index in [0.29, 0.717) is 5.92 Å². The molecular formula is C14H19N. The zero-order chi connectivity index (χ0) is 11.1. The number of benzene rings is 1. The summed E-state index contributed by atoms with van der Waals surface area (Å²) in [6, 6.07) is 10.2.